The van der Waals surface area contributed by atoms with Crippen LogP contribution in [0.2, 0.25) is 0 Å². The number of rotatable bonds is 6. The monoisotopic (exact) mass is 222 g/mol. The van der Waals surface area contributed by atoms with Gasteiger partial charge < -0.3 is 10.6 Å². The molecule has 0 unspecified atom stereocenters. The topological polar surface area (TPSA) is 49.8 Å². The van der Waals surface area contributed by atoms with E-state index in [0.717, 1.165) is 31.1 Å². The van der Waals surface area contributed by atoms with Crippen molar-refractivity contribution in [1.29, 1.82) is 0 Å². The molecule has 1 rings (SSSR count). The minimum Gasteiger partial charge on any atom is -0.370 e. The largest absolute Gasteiger partial charge is 0.370 e. The predicted molar refractivity (Wildman–Crippen MR) is 68.8 cm³/mol. The van der Waals surface area contributed by atoms with E-state index >= 15 is 0 Å². The molecule has 1 aromatic heterocycles. The summed E-state index contributed by atoms with van der Waals surface area (Å²) in [6, 6.07) is 1.94. The molecule has 0 aliphatic heterocycles. The fraction of sp³-hybridized carbons (Fsp3) is 0.667. The highest BCUT2D eigenvalue weighted by atomic mass is 15.1. The quantitative estimate of drug-likeness (QED) is 0.777. The highest BCUT2D eigenvalue weighted by molar-refractivity contribution is 5.46. The van der Waals surface area contributed by atoms with Crippen molar-refractivity contribution < 1.29 is 0 Å². The molecule has 0 bridgehead atoms. The average Bonchev–Trinajstić information content (AvgIpc) is 2.28. The van der Waals surface area contributed by atoms with Crippen molar-refractivity contribution in [3.05, 3.63) is 12.4 Å². The number of aromatic nitrogens is 2. The molecule has 0 atom stereocenters. The second-order valence-corrected chi connectivity index (χ2v) is 4.69. The van der Waals surface area contributed by atoms with Crippen LogP contribution in [0.25, 0.3) is 0 Å². The molecule has 16 heavy (non-hydrogen) atoms. The molecule has 90 valence electrons. The highest BCUT2D eigenvalue weighted by Crippen LogP contribution is 2.20. The van der Waals surface area contributed by atoms with Gasteiger partial charge in [-0.3, -0.25) is 0 Å². The SMILES string of the molecule is CCNc1cc(NCC(C)(C)CC)ncn1. The van der Waals surface area contributed by atoms with E-state index in [0.29, 0.717) is 5.41 Å². The maximum Gasteiger partial charge on any atom is 0.131 e. The Morgan fingerprint density at radius 1 is 1.12 bits per heavy atom. The maximum absolute atomic E-state index is 4.20. The van der Waals surface area contributed by atoms with Gasteiger partial charge in [-0.25, -0.2) is 9.97 Å². The van der Waals surface area contributed by atoms with E-state index in [1.54, 1.807) is 6.33 Å². The summed E-state index contributed by atoms with van der Waals surface area (Å²) >= 11 is 0. The Balaban J connectivity index is 2.57. The average molecular weight is 222 g/mol. The van der Waals surface area contributed by atoms with Gasteiger partial charge in [-0.15, -0.1) is 0 Å². The first-order chi connectivity index (χ1) is 7.57. The minimum absolute atomic E-state index is 0.295. The number of hydrogen-bond donors (Lipinski definition) is 2. The molecular weight excluding hydrogens is 200 g/mol. The molecule has 1 aromatic rings. The molecule has 0 fully saturated rings. The Morgan fingerprint density at radius 2 is 1.75 bits per heavy atom. The second-order valence-electron chi connectivity index (χ2n) is 4.69. The Labute approximate surface area is 97.9 Å². The first-order valence-electron chi connectivity index (χ1n) is 5.87. The zero-order valence-corrected chi connectivity index (χ0v) is 10.7. The highest BCUT2D eigenvalue weighted by Gasteiger charge is 2.14. The molecule has 4 heteroatoms. The van der Waals surface area contributed by atoms with Crippen LogP contribution in [0.1, 0.15) is 34.1 Å². The van der Waals surface area contributed by atoms with Crippen LogP contribution in [0.3, 0.4) is 0 Å². The Morgan fingerprint density at radius 3 is 2.31 bits per heavy atom. The fourth-order valence-corrected chi connectivity index (χ4v) is 1.19. The summed E-state index contributed by atoms with van der Waals surface area (Å²) in [5.74, 6) is 1.75. The summed E-state index contributed by atoms with van der Waals surface area (Å²) in [4.78, 5) is 8.33. The zero-order chi connectivity index (χ0) is 12.0. The van der Waals surface area contributed by atoms with Gasteiger partial charge in [0.15, 0.2) is 0 Å². The van der Waals surface area contributed by atoms with Gasteiger partial charge in [-0.2, -0.15) is 0 Å². The molecule has 0 aliphatic rings. The number of nitrogens with zero attached hydrogens (tertiary/aromatic N) is 2. The third kappa shape index (κ3) is 4.04. The summed E-state index contributed by atoms with van der Waals surface area (Å²) < 4.78 is 0. The molecular formula is C12H22N4. The van der Waals surface area contributed by atoms with E-state index in [1.807, 2.05) is 6.07 Å². The van der Waals surface area contributed by atoms with Crippen molar-refractivity contribution in [3.63, 3.8) is 0 Å². The van der Waals surface area contributed by atoms with Crippen LogP contribution < -0.4 is 10.6 Å². The van der Waals surface area contributed by atoms with E-state index in [2.05, 4.69) is 48.3 Å². The van der Waals surface area contributed by atoms with Gasteiger partial charge in [0.1, 0.15) is 18.0 Å². The van der Waals surface area contributed by atoms with Crippen molar-refractivity contribution in [2.75, 3.05) is 23.7 Å². The Hall–Kier alpha value is -1.32. The molecule has 0 saturated heterocycles. The van der Waals surface area contributed by atoms with Gasteiger partial charge in [-0.05, 0) is 18.8 Å². The lowest BCUT2D eigenvalue weighted by Gasteiger charge is -2.23. The van der Waals surface area contributed by atoms with Crippen LogP contribution in [-0.2, 0) is 0 Å². The number of hydrogen-bond acceptors (Lipinski definition) is 4. The zero-order valence-electron chi connectivity index (χ0n) is 10.7. The van der Waals surface area contributed by atoms with Crippen LogP contribution in [-0.4, -0.2) is 23.1 Å². The minimum atomic E-state index is 0.295. The maximum atomic E-state index is 4.20. The molecule has 4 nitrogen and oxygen atoms in total. The summed E-state index contributed by atoms with van der Waals surface area (Å²) in [5.41, 5.74) is 0.295. The molecule has 0 saturated carbocycles. The molecule has 0 aromatic carbocycles. The van der Waals surface area contributed by atoms with Gasteiger partial charge in [0, 0.05) is 19.2 Å². The smallest absolute Gasteiger partial charge is 0.131 e. The van der Waals surface area contributed by atoms with Gasteiger partial charge in [-0.1, -0.05) is 20.8 Å². The molecule has 0 aliphatic carbocycles. The normalized spacial score (nSPS) is 11.2. The summed E-state index contributed by atoms with van der Waals surface area (Å²) in [6.07, 6.45) is 2.73. The predicted octanol–water partition coefficient (Wildman–Crippen LogP) is 2.76. The molecule has 1 heterocycles. The first-order valence-corrected chi connectivity index (χ1v) is 5.87. The summed E-state index contributed by atoms with van der Waals surface area (Å²) in [7, 11) is 0. The van der Waals surface area contributed by atoms with Crippen molar-refractivity contribution in [1.82, 2.24) is 9.97 Å². The summed E-state index contributed by atoms with van der Waals surface area (Å²) in [6.45, 7) is 10.5. The van der Waals surface area contributed by atoms with Crippen molar-refractivity contribution in [3.8, 4) is 0 Å². The van der Waals surface area contributed by atoms with Crippen LogP contribution in [0.15, 0.2) is 12.4 Å². The van der Waals surface area contributed by atoms with Gasteiger partial charge >= 0.3 is 0 Å². The van der Waals surface area contributed by atoms with E-state index in [-0.39, 0.29) is 0 Å². The lowest BCUT2D eigenvalue weighted by molar-refractivity contribution is 0.376. The van der Waals surface area contributed by atoms with E-state index in [1.165, 1.54) is 0 Å². The van der Waals surface area contributed by atoms with Crippen molar-refractivity contribution in [2.24, 2.45) is 5.41 Å². The van der Waals surface area contributed by atoms with Crippen LogP contribution in [0, 0.1) is 5.41 Å². The van der Waals surface area contributed by atoms with Gasteiger partial charge in [0.05, 0.1) is 0 Å². The molecule has 0 radical (unpaired) electrons. The number of anilines is 2. The van der Waals surface area contributed by atoms with Crippen LogP contribution in [0.5, 0.6) is 0 Å². The lowest BCUT2D eigenvalue weighted by Crippen LogP contribution is -2.22. The van der Waals surface area contributed by atoms with Crippen molar-refractivity contribution in [2.45, 2.75) is 34.1 Å². The number of nitrogens with one attached hydrogen (secondary N) is 2. The Bertz CT molecular complexity index is 323. The first kappa shape index (κ1) is 12.7. The fourth-order valence-electron chi connectivity index (χ4n) is 1.19. The van der Waals surface area contributed by atoms with E-state index in [4.69, 9.17) is 0 Å². The third-order valence-corrected chi connectivity index (χ3v) is 2.73. The molecule has 0 spiro atoms. The Kier molecular flexibility index (Phi) is 4.52. The summed E-state index contributed by atoms with van der Waals surface area (Å²) in [5, 5.41) is 6.51. The lowest BCUT2D eigenvalue weighted by atomic mass is 9.90. The third-order valence-electron chi connectivity index (χ3n) is 2.73. The van der Waals surface area contributed by atoms with Crippen LogP contribution in [0.4, 0.5) is 11.6 Å². The van der Waals surface area contributed by atoms with Gasteiger partial charge in [0.2, 0.25) is 0 Å². The molecule has 2 N–H and O–H groups in total. The standard InChI is InChI=1S/C12H22N4/c1-5-12(3,4)8-14-11-7-10(13-6-2)15-9-16-11/h7,9H,5-6,8H2,1-4H3,(H2,13,14,15,16). The van der Waals surface area contributed by atoms with E-state index < -0.39 is 0 Å². The van der Waals surface area contributed by atoms with E-state index in [9.17, 15) is 0 Å². The van der Waals surface area contributed by atoms with Crippen molar-refractivity contribution >= 4 is 11.6 Å². The molecule has 0 amide bonds. The second kappa shape index (κ2) is 5.68. The van der Waals surface area contributed by atoms with Crippen LogP contribution >= 0.6 is 0 Å². The van der Waals surface area contributed by atoms with Gasteiger partial charge in [0.25, 0.3) is 0 Å².